The van der Waals surface area contributed by atoms with Crippen molar-refractivity contribution in [1.29, 1.82) is 0 Å². The Kier molecular flexibility index (Phi) is 20.8. The zero-order valence-electron chi connectivity index (χ0n) is 40.3. The van der Waals surface area contributed by atoms with Gasteiger partial charge in [-0.3, -0.25) is 0 Å². The van der Waals surface area contributed by atoms with E-state index in [1.54, 1.807) is 0 Å². The van der Waals surface area contributed by atoms with Crippen LogP contribution in [-0.2, 0) is 66.3 Å². The van der Waals surface area contributed by atoms with E-state index in [2.05, 4.69) is 0 Å². The van der Waals surface area contributed by atoms with E-state index in [9.17, 15) is 107 Å². The van der Waals surface area contributed by atoms with E-state index >= 15 is 0 Å². The van der Waals surface area contributed by atoms with Crippen LogP contribution < -0.4 is 0 Å². The van der Waals surface area contributed by atoms with Gasteiger partial charge in [-0.25, -0.2) is 0 Å². The number of aliphatic hydroxyl groups is 21. The van der Waals surface area contributed by atoms with E-state index < -0.39 is 261 Å². The lowest BCUT2D eigenvalue weighted by molar-refractivity contribution is -0.396. The lowest BCUT2D eigenvalue weighted by atomic mass is 9.95. The van der Waals surface area contributed by atoms with Crippen LogP contribution in [0.5, 0.6) is 0 Å². The summed E-state index contributed by atoms with van der Waals surface area (Å²) in [5.74, 6) is 0. The van der Waals surface area contributed by atoms with Crippen LogP contribution >= 0.6 is 0 Å². The van der Waals surface area contributed by atoms with E-state index in [-0.39, 0.29) is 0 Å². The predicted molar refractivity (Wildman–Crippen MR) is 228 cm³/mol. The maximum Gasteiger partial charge on any atom is 0.187 e. The van der Waals surface area contributed by atoms with Crippen LogP contribution in [0.25, 0.3) is 0 Å². The Labute approximate surface area is 434 Å². The summed E-state index contributed by atoms with van der Waals surface area (Å²) < 4.78 is 79.5. The predicted octanol–water partition coefficient (Wildman–Crippen LogP) is -15.2. The van der Waals surface area contributed by atoms with Gasteiger partial charge in [0.25, 0.3) is 0 Å². The molecule has 0 aromatic rings. The van der Waals surface area contributed by atoms with E-state index in [1.165, 1.54) is 0 Å². The van der Waals surface area contributed by atoms with Crippen LogP contribution in [0.4, 0.5) is 0 Å². The number of rotatable bonds is 7. The number of hydrogen-bond acceptors (Lipinski definition) is 35. The SMILES string of the molecule is OC[C@@H]1O[C@H]2O[C@@H]3[C@@H](O)[C@H](O)[C@H](O[C@H]4[C@H](O)[C@@H](O)[C@@H](O[C@H]5[C@H](O)[C@@H](O)[C@@H](O[C@H]6[C@H](O)[C@@H](O)[C@@H](O[C@@H]7[C@@H](O)[C@H](O)[C@H](O[C@@H]8[C@@H](O)[C@H](O)[C@H](O[C@@H]1[C@@H](O)[C@@H]2O)O[C@H]8CO)O[C@H]7CO)O[C@@H]6CO)O[C@@H]5CO)O[C@@H]4CO)O[C@H]3CO. The second kappa shape index (κ2) is 26.0. The summed E-state index contributed by atoms with van der Waals surface area (Å²) in [6.45, 7) is -7.33. The van der Waals surface area contributed by atoms with Gasteiger partial charge in [-0.1, -0.05) is 0 Å². The number of ether oxygens (including phenoxy) is 14. The highest BCUT2D eigenvalue weighted by Crippen LogP contribution is 2.39. The Hall–Kier alpha value is -1.40. The van der Waals surface area contributed by atoms with E-state index in [0.717, 1.165) is 0 Å². The molecule has 0 aromatic carbocycles. The topological polar surface area (TPSA) is 554 Å². The zero-order valence-corrected chi connectivity index (χ0v) is 40.3. The molecule has 35 atom stereocenters. The molecule has 0 radical (unpaired) electrons. The molecule has 35 heteroatoms. The van der Waals surface area contributed by atoms with Crippen LogP contribution in [0.2, 0.25) is 0 Å². The second-order valence-corrected chi connectivity index (χ2v) is 19.7. The fraction of sp³-hybridized carbons (Fsp3) is 1.00. The Bertz CT molecular complexity index is 1470. The van der Waals surface area contributed by atoms with Crippen LogP contribution in [0.15, 0.2) is 0 Å². The van der Waals surface area contributed by atoms with Crippen molar-refractivity contribution in [1.82, 2.24) is 0 Å². The fourth-order valence-electron chi connectivity index (χ4n) is 10.4. The van der Waals surface area contributed by atoms with Crippen molar-refractivity contribution in [3.8, 4) is 0 Å². The summed E-state index contributed by atoms with van der Waals surface area (Å²) in [6, 6.07) is 0. The third kappa shape index (κ3) is 12.1. The van der Waals surface area contributed by atoms with Crippen molar-refractivity contribution in [3.63, 3.8) is 0 Å². The van der Waals surface area contributed by atoms with Crippen molar-refractivity contribution < 1.29 is 174 Å². The maximum absolute atomic E-state index is 11.3. The Morgan fingerprint density at radius 3 is 0.351 bits per heavy atom. The molecule has 21 aliphatic rings. The Balaban J connectivity index is 1.08. The van der Waals surface area contributed by atoms with Gasteiger partial charge in [-0.05, 0) is 0 Å². The molecule has 0 aromatic heterocycles. The first-order valence-corrected chi connectivity index (χ1v) is 24.6. The van der Waals surface area contributed by atoms with Crippen LogP contribution in [0.3, 0.4) is 0 Å². The summed E-state index contributed by atoms with van der Waals surface area (Å²) in [6.07, 6.45) is -70.2. The number of aliphatic hydroxyl groups excluding tert-OH is 21. The molecule has 21 N–H and O–H groups in total. The average molecular weight is 1130 g/mol. The van der Waals surface area contributed by atoms with Gasteiger partial charge >= 0.3 is 0 Å². The van der Waals surface area contributed by atoms with Crippen molar-refractivity contribution in [2.24, 2.45) is 0 Å². The molecular formula is C42H70O35. The summed E-state index contributed by atoms with van der Waals surface area (Å²) in [5, 5.41) is 230. The minimum Gasteiger partial charge on any atom is -0.394 e. The summed E-state index contributed by atoms with van der Waals surface area (Å²) >= 11 is 0. The van der Waals surface area contributed by atoms with Crippen molar-refractivity contribution in [2.45, 2.75) is 215 Å². The molecule has 21 saturated heterocycles. The quantitative estimate of drug-likeness (QED) is 0.113. The van der Waals surface area contributed by atoms with Crippen molar-refractivity contribution >= 4 is 0 Å². The molecule has 448 valence electrons. The van der Waals surface area contributed by atoms with E-state index in [1.807, 2.05) is 0 Å². The molecule has 0 unspecified atom stereocenters. The first-order valence-electron chi connectivity index (χ1n) is 24.6. The molecule has 77 heavy (non-hydrogen) atoms. The lowest BCUT2D eigenvalue weighted by Gasteiger charge is -2.50. The summed E-state index contributed by atoms with van der Waals surface area (Å²) in [4.78, 5) is 0. The molecule has 21 heterocycles. The first kappa shape index (κ1) is 61.7. The standard InChI is InChI=1S/C42H70O35/c43-1-8-29-15(50)22(57)36(64-8)72-30-9(2-44)66-38(24(59)17(30)52)74-32-11(4-46)68-40(26(61)19(32)54)76-34-13(6-48)70-42(28(63)21(34)56)77-35-14(7-49)69-41(27(62)20(35)55)75-33-12(5-47)67-39(25(60)18(33)53)73-31-10(3-45)65-37(71-29)23(58)16(31)51/h8-63H,1-7H2/t8-,9-,10-,11-,12+,13+,14+,15-,16-,17-,18+,19-,20+,21+,22-,23-,24-,25+,26-,27+,28+,29-,30-,31-,32-,33+,34+,35+,36-,37-,38-,39+,40-,41+,42+/m0/s1. The Morgan fingerprint density at radius 2 is 0.260 bits per heavy atom. The fourth-order valence-corrected chi connectivity index (χ4v) is 10.4. The third-order valence-corrected chi connectivity index (χ3v) is 14.8. The monoisotopic (exact) mass is 1130 g/mol. The summed E-state index contributed by atoms with van der Waals surface area (Å²) in [7, 11) is 0. The van der Waals surface area contributed by atoms with Gasteiger partial charge < -0.3 is 174 Å². The van der Waals surface area contributed by atoms with E-state index in [4.69, 9.17) is 66.3 Å². The van der Waals surface area contributed by atoms with Crippen molar-refractivity contribution in [2.75, 3.05) is 46.2 Å². The molecular weight excluding hydrogens is 1060 g/mol. The molecule has 21 fully saturated rings. The third-order valence-electron chi connectivity index (χ3n) is 14.8. The number of hydrogen-bond donors (Lipinski definition) is 21. The molecule has 21 rings (SSSR count). The smallest absolute Gasteiger partial charge is 0.187 e. The van der Waals surface area contributed by atoms with Crippen LogP contribution in [-0.4, -0.2) is 368 Å². The molecule has 0 amide bonds. The molecule has 35 nitrogen and oxygen atoms in total. The van der Waals surface area contributed by atoms with Gasteiger partial charge in [0.05, 0.1) is 46.2 Å². The minimum absolute atomic E-state index is 1.05. The van der Waals surface area contributed by atoms with Crippen LogP contribution in [0.1, 0.15) is 0 Å². The van der Waals surface area contributed by atoms with Gasteiger partial charge in [-0.2, -0.15) is 0 Å². The van der Waals surface area contributed by atoms with Crippen LogP contribution in [0, 0.1) is 0 Å². The van der Waals surface area contributed by atoms with Gasteiger partial charge in [0.1, 0.15) is 171 Å². The van der Waals surface area contributed by atoms with Gasteiger partial charge in [-0.15, -0.1) is 0 Å². The first-order chi connectivity index (χ1) is 36.7. The summed E-state index contributed by atoms with van der Waals surface area (Å²) in [5.41, 5.74) is 0. The van der Waals surface area contributed by atoms with Gasteiger partial charge in [0, 0.05) is 0 Å². The highest BCUT2D eigenvalue weighted by atomic mass is 16.8. The minimum atomic E-state index is -2.21. The zero-order chi connectivity index (χ0) is 56.1. The molecule has 14 bridgehead atoms. The highest BCUT2D eigenvalue weighted by molar-refractivity contribution is 5.01. The molecule has 0 saturated carbocycles. The van der Waals surface area contributed by atoms with Crippen molar-refractivity contribution in [3.05, 3.63) is 0 Å². The second-order valence-electron chi connectivity index (χ2n) is 19.7. The normalized spacial score (nSPS) is 55.4. The molecule has 0 aliphatic carbocycles. The highest BCUT2D eigenvalue weighted by Gasteiger charge is 2.59. The molecule has 0 spiro atoms. The van der Waals surface area contributed by atoms with Gasteiger partial charge in [0.2, 0.25) is 0 Å². The average Bonchev–Trinajstić information content (AvgIpc) is 3.45. The van der Waals surface area contributed by atoms with E-state index in [0.29, 0.717) is 0 Å². The molecule has 21 aliphatic heterocycles. The maximum atomic E-state index is 11.3. The lowest BCUT2D eigenvalue weighted by Crippen LogP contribution is -2.68. The largest absolute Gasteiger partial charge is 0.394 e. The Morgan fingerprint density at radius 1 is 0.156 bits per heavy atom. The van der Waals surface area contributed by atoms with Gasteiger partial charge in [0.15, 0.2) is 44.0 Å².